The molecular formula is C22H17N5O3S. The van der Waals surface area contributed by atoms with Gasteiger partial charge in [0.25, 0.3) is 0 Å². The highest BCUT2D eigenvalue weighted by atomic mass is 32.2. The number of hydrogen-bond acceptors (Lipinski definition) is 6. The van der Waals surface area contributed by atoms with Crippen LogP contribution in [0.1, 0.15) is 0 Å². The third kappa shape index (κ3) is 3.90. The Bertz CT molecular complexity index is 1490. The Balaban J connectivity index is 1.52. The van der Waals surface area contributed by atoms with E-state index in [0.29, 0.717) is 17.1 Å². The van der Waals surface area contributed by atoms with E-state index in [-0.39, 0.29) is 0 Å². The van der Waals surface area contributed by atoms with Crippen LogP contribution in [0.25, 0.3) is 39.5 Å². The maximum Gasteiger partial charge on any atom is 0.229 e. The van der Waals surface area contributed by atoms with Gasteiger partial charge in [0.05, 0.1) is 30.6 Å². The van der Waals surface area contributed by atoms with E-state index in [0.717, 1.165) is 34.3 Å². The molecule has 1 aromatic carbocycles. The van der Waals surface area contributed by atoms with Gasteiger partial charge in [0.2, 0.25) is 10.0 Å². The molecule has 0 unspecified atom stereocenters. The fourth-order valence-corrected chi connectivity index (χ4v) is 3.91. The second-order valence-electron chi connectivity index (χ2n) is 7.02. The van der Waals surface area contributed by atoms with Crippen molar-refractivity contribution in [3.8, 4) is 33.8 Å². The first-order chi connectivity index (χ1) is 15.0. The second kappa shape index (κ2) is 7.37. The molecule has 0 fully saturated rings. The van der Waals surface area contributed by atoms with E-state index in [1.807, 2.05) is 36.4 Å². The maximum atomic E-state index is 11.5. The summed E-state index contributed by atoms with van der Waals surface area (Å²) in [7, 11) is -3.35. The highest BCUT2D eigenvalue weighted by molar-refractivity contribution is 7.92. The number of anilines is 1. The quantitative estimate of drug-likeness (QED) is 0.450. The summed E-state index contributed by atoms with van der Waals surface area (Å²) in [5.74, 6) is 0.688. The number of furan rings is 1. The molecule has 0 saturated carbocycles. The zero-order valence-corrected chi connectivity index (χ0v) is 17.2. The number of nitrogens with zero attached hydrogens (tertiary/aromatic N) is 4. The summed E-state index contributed by atoms with van der Waals surface area (Å²) in [4.78, 5) is 8.87. The molecule has 0 radical (unpaired) electrons. The number of imidazole rings is 1. The zero-order valence-electron chi connectivity index (χ0n) is 16.4. The lowest BCUT2D eigenvalue weighted by Crippen LogP contribution is -2.09. The summed E-state index contributed by atoms with van der Waals surface area (Å²) in [6.45, 7) is 0. The Morgan fingerprint density at radius 3 is 2.65 bits per heavy atom. The summed E-state index contributed by atoms with van der Waals surface area (Å²) in [5.41, 5.74) is 5.28. The average molecular weight is 431 g/mol. The van der Waals surface area contributed by atoms with Gasteiger partial charge >= 0.3 is 0 Å². The minimum atomic E-state index is -3.35. The normalized spacial score (nSPS) is 11.6. The Morgan fingerprint density at radius 2 is 1.84 bits per heavy atom. The average Bonchev–Trinajstić information content (AvgIpc) is 3.42. The van der Waals surface area contributed by atoms with Gasteiger partial charge < -0.3 is 4.42 Å². The first-order valence-corrected chi connectivity index (χ1v) is 11.3. The molecule has 0 spiro atoms. The van der Waals surface area contributed by atoms with Gasteiger partial charge in [-0.3, -0.25) is 9.71 Å². The molecule has 8 nitrogen and oxygen atoms in total. The van der Waals surface area contributed by atoms with E-state index in [4.69, 9.17) is 4.42 Å². The topological polar surface area (TPSA) is 102 Å². The number of fused-ring (bicyclic) bond motifs is 1. The van der Waals surface area contributed by atoms with Crippen LogP contribution in [0.5, 0.6) is 0 Å². The lowest BCUT2D eigenvalue weighted by Gasteiger charge is -2.08. The number of hydrogen-bond donors (Lipinski definition) is 1. The van der Waals surface area contributed by atoms with Crippen molar-refractivity contribution in [1.82, 2.24) is 19.6 Å². The smallest absolute Gasteiger partial charge is 0.229 e. The van der Waals surface area contributed by atoms with Gasteiger partial charge in [0.1, 0.15) is 5.69 Å². The molecule has 0 amide bonds. The van der Waals surface area contributed by atoms with Crippen LogP contribution in [0, 0.1) is 0 Å². The maximum absolute atomic E-state index is 11.5. The number of rotatable bonds is 5. The van der Waals surface area contributed by atoms with Crippen LogP contribution >= 0.6 is 0 Å². The molecule has 4 heterocycles. The molecule has 4 aromatic heterocycles. The molecule has 5 aromatic rings. The molecular weight excluding hydrogens is 414 g/mol. The molecule has 1 N–H and O–H groups in total. The third-order valence-electron chi connectivity index (χ3n) is 4.69. The Morgan fingerprint density at radius 1 is 0.935 bits per heavy atom. The molecule has 31 heavy (non-hydrogen) atoms. The van der Waals surface area contributed by atoms with Crippen LogP contribution < -0.4 is 4.72 Å². The van der Waals surface area contributed by atoms with Crippen LogP contribution in [0.3, 0.4) is 0 Å². The molecule has 0 aliphatic carbocycles. The summed E-state index contributed by atoms with van der Waals surface area (Å²) in [6, 6.07) is 16.6. The highest BCUT2D eigenvalue weighted by Gasteiger charge is 2.12. The minimum Gasteiger partial charge on any atom is -0.463 e. The van der Waals surface area contributed by atoms with Gasteiger partial charge in [-0.2, -0.15) is 5.10 Å². The Kier molecular flexibility index (Phi) is 4.52. The fourth-order valence-electron chi connectivity index (χ4n) is 3.36. The molecule has 0 atom stereocenters. The van der Waals surface area contributed by atoms with Gasteiger partial charge in [0, 0.05) is 23.0 Å². The second-order valence-corrected chi connectivity index (χ2v) is 8.77. The summed E-state index contributed by atoms with van der Waals surface area (Å²) >= 11 is 0. The summed E-state index contributed by atoms with van der Waals surface area (Å²) in [6.07, 6.45) is 7.94. The van der Waals surface area contributed by atoms with Crippen molar-refractivity contribution in [2.24, 2.45) is 0 Å². The van der Waals surface area contributed by atoms with Gasteiger partial charge in [-0.15, -0.1) is 0 Å². The monoisotopic (exact) mass is 431 g/mol. The Hall–Kier alpha value is -3.98. The van der Waals surface area contributed by atoms with Crippen LogP contribution in [0.15, 0.2) is 83.9 Å². The first kappa shape index (κ1) is 19.0. The standard InChI is InChI=1S/C22H17N5O3S/c1-31(28,29)26-18-5-2-4-15(10-18)17-12-22-24-14-20(27(22)25-13-17)16-7-8-23-19(11-16)21-6-3-9-30-21/h2-14,26H,1H3. The van der Waals surface area contributed by atoms with E-state index in [2.05, 4.69) is 19.8 Å². The van der Waals surface area contributed by atoms with Gasteiger partial charge in [-0.25, -0.2) is 17.9 Å². The zero-order chi connectivity index (χ0) is 21.4. The van der Waals surface area contributed by atoms with Crippen LogP contribution in [0.2, 0.25) is 0 Å². The van der Waals surface area contributed by atoms with Crippen molar-refractivity contribution in [3.63, 3.8) is 0 Å². The predicted octanol–water partition coefficient (Wildman–Crippen LogP) is 4.09. The van der Waals surface area contributed by atoms with Gasteiger partial charge in [-0.1, -0.05) is 12.1 Å². The first-order valence-electron chi connectivity index (χ1n) is 9.39. The number of nitrogens with one attached hydrogen (secondary N) is 1. The van der Waals surface area contributed by atoms with Crippen molar-refractivity contribution < 1.29 is 12.8 Å². The van der Waals surface area contributed by atoms with E-state index in [9.17, 15) is 8.42 Å². The van der Waals surface area contributed by atoms with Gasteiger partial charge in [0.15, 0.2) is 11.4 Å². The summed E-state index contributed by atoms with van der Waals surface area (Å²) in [5, 5.41) is 4.56. The van der Waals surface area contributed by atoms with E-state index in [1.165, 1.54) is 0 Å². The van der Waals surface area contributed by atoms with Crippen molar-refractivity contribution in [1.29, 1.82) is 0 Å². The fraction of sp³-hybridized carbons (Fsp3) is 0.0455. The number of sulfonamides is 1. The van der Waals surface area contributed by atoms with E-state index in [1.54, 1.807) is 47.6 Å². The van der Waals surface area contributed by atoms with Crippen LogP contribution in [-0.2, 0) is 10.0 Å². The van der Waals surface area contributed by atoms with Crippen molar-refractivity contribution >= 4 is 21.4 Å². The summed E-state index contributed by atoms with van der Waals surface area (Å²) < 4.78 is 32.7. The van der Waals surface area contributed by atoms with E-state index < -0.39 is 10.0 Å². The largest absolute Gasteiger partial charge is 0.463 e. The molecule has 0 bridgehead atoms. The highest BCUT2D eigenvalue weighted by Crippen LogP contribution is 2.27. The van der Waals surface area contributed by atoms with Crippen LogP contribution in [-0.4, -0.2) is 34.3 Å². The van der Waals surface area contributed by atoms with Gasteiger partial charge in [-0.05, 0) is 48.0 Å². The van der Waals surface area contributed by atoms with Crippen LogP contribution in [0.4, 0.5) is 5.69 Å². The lowest BCUT2D eigenvalue weighted by atomic mass is 10.1. The number of aromatic nitrogens is 4. The molecule has 0 aliphatic rings. The molecule has 0 saturated heterocycles. The minimum absolute atomic E-state index is 0.492. The predicted molar refractivity (Wildman–Crippen MR) is 118 cm³/mol. The third-order valence-corrected chi connectivity index (χ3v) is 5.30. The molecule has 0 aliphatic heterocycles. The van der Waals surface area contributed by atoms with Crippen molar-refractivity contribution in [2.45, 2.75) is 0 Å². The molecule has 9 heteroatoms. The molecule has 5 rings (SSSR count). The van der Waals surface area contributed by atoms with Crippen molar-refractivity contribution in [2.75, 3.05) is 11.0 Å². The lowest BCUT2D eigenvalue weighted by molar-refractivity contribution is 0.580. The van der Waals surface area contributed by atoms with E-state index >= 15 is 0 Å². The SMILES string of the molecule is CS(=O)(=O)Nc1cccc(-c2cnn3c(-c4ccnc(-c5ccco5)c4)cnc3c2)c1. The number of benzene rings is 1. The van der Waals surface area contributed by atoms with Crippen molar-refractivity contribution in [3.05, 3.63) is 79.5 Å². The molecule has 154 valence electrons. The number of pyridine rings is 1. The Labute approximate surface area is 178 Å².